The number of hydrogen-bond acceptors (Lipinski definition) is 21. The molecule has 2 heterocycles. The van der Waals surface area contributed by atoms with Crippen LogP contribution in [0.15, 0.2) is 170 Å². The Labute approximate surface area is 692 Å². The summed E-state index contributed by atoms with van der Waals surface area (Å²) < 4.78 is 0. The third-order valence-corrected chi connectivity index (χ3v) is 22.3. The first-order chi connectivity index (χ1) is 56.5. The number of para-hydroxylation sites is 1. The maximum absolute atomic E-state index is 16.0. The molecule has 8 rings (SSSR count). The Kier molecular flexibility index (Phi) is 36.0. The van der Waals surface area contributed by atoms with Gasteiger partial charge in [0.2, 0.25) is 70.9 Å². The van der Waals surface area contributed by atoms with Gasteiger partial charge in [0, 0.05) is 80.3 Å². The van der Waals surface area contributed by atoms with Crippen LogP contribution in [0.2, 0.25) is 0 Å². The van der Waals surface area contributed by atoms with Crippen LogP contribution in [-0.4, -0.2) is 224 Å². The number of benzene rings is 6. The molecule has 0 aliphatic carbocycles. The molecule has 1 aromatic heterocycles. The van der Waals surface area contributed by atoms with E-state index in [-0.39, 0.29) is 81.2 Å². The number of primary amides is 1. The largest absolute Gasteiger partial charge is 0.508 e. The number of nitrogens with one attached hydrogen (secondary N) is 12. The molecule has 0 radical (unpaired) electrons. The van der Waals surface area contributed by atoms with Gasteiger partial charge in [-0.25, -0.2) is 0 Å². The molecule has 118 heavy (non-hydrogen) atoms. The number of amides is 12. The second kappa shape index (κ2) is 46.1. The summed E-state index contributed by atoms with van der Waals surface area (Å²) in [6, 6.07) is 26.4. The topological polar surface area (TPSA) is 515 Å². The fourth-order valence-electron chi connectivity index (χ4n) is 13.1. The van der Waals surface area contributed by atoms with Crippen molar-refractivity contribution in [3.8, 4) is 5.75 Å². The zero-order chi connectivity index (χ0) is 85.5. The zero-order valence-corrected chi connectivity index (χ0v) is 68.0. The number of hydrogen-bond donors (Lipinski definition) is 19. The highest BCUT2D eigenvalue weighted by atomic mass is 33.1. The molecule has 22 N–H and O–H groups in total. The number of nitrogens with two attached hydrogens (primary N) is 3. The molecule has 7 aromatic rings. The number of likely N-dealkylation sites (N-methyl/N-ethyl adjacent to an activating group) is 1. The quantitative estimate of drug-likeness (QED) is 0.0262. The van der Waals surface area contributed by atoms with Crippen molar-refractivity contribution in [1.82, 2.24) is 68.4 Å². The lowest BCUT2D eigenvalue weighted by Gasteiger charge is -2.33. The molecule has 0 unspecified atom stereocenters. The maximum Gasteiger partial charge on any atom is 0.245 e. The highest BCUT2D eigenvalue weighted by Crippen LogP contribution is 2.26. The minimum atomic E-state index is -1.93. The van der Waals surface area contributed by atoms with Crippen LogP contribution in [0.4, 0.5) is 0 Å². The van der Waals surface area contributed by atoms with Crippen molar-refractivity contribution in [2.75, 3.05) is 31.7 Å². The molecule has 34 heteroatoms. The monoisotopic (exact) mass is 1660 g/mol. The number of aromatic nitrogens is 1. The first kappa shape index (κ1) is 92.3. The Morgan fingerprint density at radius 2 is 0.949 bits per heavy atom. The van der Waals surface area contributed by atoms with E-state index in [0.29, 0.717) is 57.2 Å². The Hall–Kier alpha value is -11.2. The molecule has 14 atom stereocenters. The number of aromatic amines is 1. The van der Waals surface area contributed by atoms with Crippen molar-refractivity contribution in [2.45, 2.75) is 183 Å². The van der Waals surface area contributed by atoms with Crippen LogP contribution >= 0.6 is 21.6 Å². The van der Waals surface area contributed by atoms with Gasteiger partial charge in [-0.2, -0.15) is 0 Å². The molecule has 1 saturated heterocycles. The van der Waals surface area contributed by atoms with Gasteiger partial charge in [-0.3, -0.25) is 57.5 Å². The van der Waals surface area contributed by atoms with Crippen molar-refractivity contribution in [3.63, 3.8) is 0 Å². The molecular weight excluding hydrogens is 1550 g/mol. The second-order valence-electron chi connectivity index (χ2n) is 29.5. The average Bonchev–Trinajstić information content (AvgIpc) is 1.47. The third-order valence-electron chi connectivity index (χ3n) is 19.8. The molecule has 12 amide bonds. The van der Waals surface area contributed by atoms with Gasteiger partial charge in [-0.15, -0.1) is 0 Å². The smallest absolute Gasteiger partial charge is 0.245 e. The predicted octanol–water partition coefficient (Wildman–Crippen LogP) is -0.107. The number of carbonyl (C=O) groups excluding carboxylic acids is 12. The first-order valence-corrected chi connectivity index (χ1v) is 41.5. The van der Waals surface area contributed by atoms with Crippen molar-refractivity contribution < 1.29 is 78.0 Å². The maximum atomic E-state index is 16.0. The van der Waals surface area contributed by atoms with Crippen LogP contribution in [0, 0.1) is 0 Å². The Balaban J connectivity index is 1.23. The van der Waals surface area contributed by atoms with Crippen LogP contribution in [-0.2, 0) is 103 Å². The van der Waals surface area contributed by atoms with Crippen LogP contribution in [0.5, 0.6) is 5.75 Å². The normalized spacial score (nSPS) is 22.7. The molecule has 1 aliphatic rings. The lowest BCUT2D eigenvalue weighted by molar-refractivity contribution is -0.143. The van der Waals surface area contributed by atoms with E-state index >= 15 is 24.0 Å². The van der Waals surface area contributed by atoms with Gasteiger partial charge >= 0.3 is 0 Å². The van der Waals surface area contributed by atoms with Gasteiger partial charge in [0.15, 0.2) is 0 Å². The molecule has 0 bridgehead atoms. The van der Waals surface area contributed by atoms with E-state index in [4.69, 9.17) is 17.2 Å². The summed E-state index contributed by atoms with van der Waals surface area (Å²) in [5, 5.41) is 73.7. The van der Waals surface area contributed by atoms with Crippen LogP contribution in [0.3, 0.4) is 0 Å². The Morgan fingerprint density at radius 1 is 0.500 bits per heavy atom. The fourth-order valence-corrected chi connectivity index (χ4v) is 15.4. The summed E-state index contributed by atoms with van der Waals surface area (Å²) in [6.45, 7) is 5.84. The summed E-state index contributed by atoms with van der Waals surface area (Å²) in [6.07, 6.45) is -2.51. The summed E-state index contributed by atoms with van der Waals surface area (Å²) in [5.74, 6) is -12.7. The van der Waals surface area contributed by atoms with Gasteiger partial charge in [0.25, 0.3) is 0 Å². The summed E-state index contributed by atoms with van der Waals surface area (Å²) in [5.41, 5.74) is 22.9. The first-order valence-electron chi connectivity index (χ1n) is 39.0. The standard InChI is InChI=1S/C84H108N16O16S2/c1-48(2)88-43-56-30-28-55(29-31-56)41-70-81(113)99-72(50(4)103)82(114)93-65(40-53-23-13-8-14-24-53)78(110)98-71(49(3)102)83(115)95-67(45-101)79(111)96-68(73(87)105)46-117-118-47-69(97-74(106)60(86)37-54-32-34-58(104)35-33-54)80(112)90-62(27-17-18-36-85)75(107)91-63(38-51-19-9-6-10-20-51)76(108)92-64(39-52-21-11-7-12-22-52)77(109)94-66(84(116)100(70)5)42-57-44-89-61-26-16-15-25-59(57)61/h6-16,19-26,28-35,44,48-50,60,62-72,88-89,101-104H,17-18,27,36-43,45-47,85-86H2,1-5H3,(H2,87,105)(H,90,112)(H,91,107)(H,92,108)(H,93,114)(H,94,109)(H,95,115)(H,96,111)(H,97,106)(H,98,110)(H,99,113)/t49-,50-,60+,62+,63+,64+,65+,66-,67+,68+,69+,70+,71+,72-/m1/s1. The van der Waals surface area contributed by atoms with Gasteiger partial charge in [0.05, 0.1) is 24.9 Å². The van der Waals surface area contributed by atoms with Gasteiger partial charge in [-0.05, 0) is 103 Å². The predicted molar refractivity (Wildman–Crippen MR) is 448 cm³/mol. The van der Waals surface area contributed by atoms with Crippen molar-refractivity contribution in [1.29, 1.82) is 0 Å². The Bertz CT molecular complexity index is 4510. The zero-order valence-electron chi connectivity index (χ0n) is 66.4. The van der Waals surface area contributed by atoms with E-state index in [1.165, 1.54) is 26.1 Å². The van der Waals surface area contributed by atoms with Crippen molar-refractivity contribution >= 4 is 103 Å². The number of fused-ring (bicyclic) bond motifs is 1. The molecule has 1 aliphatic heterocycles. The number of phenolic OH excluding ortho intramolecular Hbond substituents is 1. The Morgan fingerprint density at radius 3 is 1.47 bits per heavy atom. The minimum absolute atomic E-state index is 0.0451. The van der Waals surface area contributed by atoms with Crippen LogP contribution in [0.1, 0.15) is 85.9 Å². The number of aromatic hydroxyl groups is 1. The number of rotatable bonds is 25. The third kappa shape index (κ3) is 28.3. The van der Waals surface area contributed by atoms with Crippen molar-refractivity contribution in [3.05, 3.63) is 209 Å². The molecular formula is C84H108N16O16S2. The molecule has 6 aromatic carbocycles. The van der Waals surface area contributed by atoms with Gasteiger partial charge in [0.1, 0.15) is 72.2 Å². The molecule has 0 spiro atoms. The van der Waals surface area contributed by atoms with Crippen LogP contribution in [0.25, 0.3) is 10.9 Å². The number of H-pyrrole nitrogens is 1. The highest BCUT2D eigenvalue weighted by Gasteiger charge is 2.41. The number of aliphatic hydroxyl groups excluding tert-OH is 3. The van der Waals surface area contributed by atoms with E-state index < -0.39 is 162 Å². The number of phenols is 1. The SMILES string of the molecule is CC(C)NCc1ccc(C[C@H]2C(=O)N[C@H]([C@@H](C)O)C(=O)N[C@@H](Cc3ccccc3)C(=O)N[C@@H]([C@@H](C)O)C(=O)N[C@@H](CO)C(=O)N[C@H](C(N)=O)CSSC[C@H](NC(=O)[C@@H](N)Cc3ccc(O)cc3)C(=O)N[C@@H](CCCCN)C(=O)N[C@@H](Cc3ccccc3)C(=O)N[C@@H](Cc3ccccc3)C(=O)N[C@H](Cc3c[nH]c4ccccc34)C(=O)N2C)cc1. The van der Waals surface area contributed by atoms with E-state index in [9.17, 15) is 54.0 Å². The summed E-state index contributed by atoms with van der Waals surface area (Å²) in [4.78, 5) is 183. The second-order valence-corrected chi connectivity index (χ2v) is 32.1. The van der Waals surface area contributed by atoms with E-state index in [2.05, 4.69) is 63.5 Å². The lowest BCUT2D eigenvalue weighted by atomic mass is 9.98. The van der Waals surface area contributed by atoms with Crippen LogP contribution < -0.4 is 75.7 Å². The minimum Gasteiger partial charge on any atom is -0.508 e. The van der Waals surface area contributed by atoms with Gasteiger partial charge in [-0.1, -0.05) is 181 Å². The van der Waals surface area contributed by atoms with E-state index in [1.54, 1.807) is 134 Å². The number of carbonyl (C=O) groups is 12. The number of unbranched alkanes of at least 4 members (excludes halogenated alkanes) is 1. The van der Waals surface area contributed by atoms with E-state index in [1.807, 2.05) is 38.1 Å². The highest BCUT2D eigenvalue weighted by molar-refractivity contribution is 8.76. The summed E-state index contributed by atoms with van der Waals surface area (Å²) >= 11 is 0. The fraction of sp³-hybridized carbons (Fsp3) is 0.405. The average molecular weight is 1660 g/mol. The number of nitrogens with zero attached hydrogens (tertiary/aromatic N) is 1. The number of aliphatic hydroxyl groups is 3. The molecule has 0 saturated carbocycles. The van der Waals surface area contributed by atoms with Crippen molar-refractivity contribution in [2.24, 2.45) is 17.2 Å². The molecule has 632 valence electrons. The molecule has 1 fully saturated rings. The van der Waals surface area contributed by atoms with Gasteiger partial charge < -0.3 is 106 Å². The summed E-state index contributed by atoms with van der Waals surface area (Å²) in [7, 11) is 3.12. The molecule has 32 nitrogen and oxygen atoms in total. The lowest BCUT2D eigenvalue weighted by Crippen LogP contribution is -2.63. The van der Waals surface area contributed by atoms with E-state index in [0.717, 1.165) is 39.0 Å².